The molecule has 4 rings (SSSR count). The molecule has 0 radical (unpaired) electrons. The van der Waals surface area contributed by atoms with E-state index in [2.05, 4.69) is 5.32 Å². The summed E-state index contributed by atoms with van der Waals surface area (Å²) in [5, 5.41) is 13.4. The molecule has 2 heterocycles. The average Bonchev–Trinajstić information content (AvgIpc) is 3.50. The highest BCUT2D eigenvalue weighted by molar-refractivity contribution is 6.07. The van der Waals surface area contributed by atoms with E-state index in [1.165, 1.54) is 24.5 Å². The van der Waals surface area contributed by atoms with E-state index >= 15 is 0 Å². The lowest BCUT2D eigenvalue weighted by molar-refractivity contribution is -0.384. The first-order chi connectivity index (χ1) is 15.5. The van der Waals surface area contributed by atoms with Gasteiger partial charge in [0.2, 0.25) is 0 Å². The zero-order valence-corrected chi connectivity index (χ0v) is 16.6. The van der Waals surface area contributed by atoms with Gasteiger partial charge in [-0.25, -0.2) is 0 Å². The molecule has 4 aromatic rings. The third kappa shape index (κ3) is 4.71. The molecule has 32 heavy (non-hydrogen) atoms. The van der Waals surface area contributed by atoms with E-state index in [1.807, 2.05) is 0 Å². The molecule has 1 amide bonds. The van der Waals surface area contributed by atoms with Crippen LogP contribution in [0.2, 0.25) is 0 Å². The Hall–Kier alpha value is -4.72. The summed E-state index contributed by atoms with van der Waals surface area (Å²) in [6, 6.07) is 19.1. The number of nitrogens with zero attached hydrogens (tertiary/aromatic N) is 1. The van der Waals surface area contributed by atoms with Gasteiger partial charge in [0.05, 0.1) is 11.2 Å². The van der Waals surface area contributed by atoms with Crippen molar-refractivity contribution in [2.45, 2.75) is 0 Å². The van der Waals surface area contributed by atoms with Crippen molar-refractivity contribution in [2.24, 2.45) is 0 Å². The van der Waals surface area contributed by atoms with Crippen molar-refractivity contribution >= 4 is 29.1 Å². The number of rotatable bonds is 7. The number of benzene rings is 2. The molecule has 158 valence electrons. The van der Waals surface area contributed by atoms with Gasteiger partial charge in [-0.15, -0.1) is 0 Å². The van der Waals surface area contributed by atoms with E-state index in [0.29, 0.717) is 28.3 Å². The van der Waals surface area contributed by atoms with E-state index in [9.17, 15) is 19.7 Å². The normalized spacial score (nSPS) is 10.9. The smallest absolute Gasteiger partial charge is 0.291 e. The van der Waals surface area contributed by atoms with Gasteiger partial charge < -0.3 is 14.2 Å². The molecule has 0 aliphatic carbocycles. The van der Waals surface area contributed by atoms with Gasteiger partial charge in [0.1, 0.15) is 11.5 Å². The van der Waals surface area contributed by atoms with Gasteiger partial charge in [-0.2, -0.15) is 0 Å². The van der Waals surface area contributed by atoms with Crippen molar-refractivity contribution in [1.29, 1.82) is 0 Å². The van der Waals surface area contributed by atoms with Gasteiger partial charge in [0, 0.05) is 28.9 Å². The van der Waals surface area contributed by atoms with Crippen molar-refractivity contribution in [1.82, 2.24) is 0 Å². The molecule has 0 saturated carbocycles. The number of hydrogen-bond acceptors (Lipinski definition) is 6. The van der Waals surface area contributed by atoms with Gasteiger partial charge in [-0.3, -0.25) is 19.7 Å². The monoisotopic (exact) mass is 428 g/mol. The number of hydrogen-bond donors (Lipinski definition) is 1. The Morgan fingerprint density at radius 1 is 0.938 bits per heavy atom. The fourth-order valence-electron chi connectivity index (χ4n) is 2.92. The molecule has 0 aliphatic rings. The third-order valence-corrected chi connectivity index (χ3v) is 4.56. The minimum Gasteiger partial charge on any atom is -0.459 e. The van der Waals surface area contributed by atoms with Crippen LogP contribution in [0.3, 0.4) is 0 Å². The third-order valence-electron chi connectivity index (χ3n) is 4.56. The van der Waals surface area contributed by atoms with Crippen LogP contribution >= 0.6 is 0 Å². The molecule has 0 aliphatic heterocycles. The molecular formula is C24H16N2O6. The number of nitro groups is 1. The number of carbonyl (C=O) groups excluding carboxylic acids is 2. The van der Waals surface area contributed by atoms with Gasteiger partial charge >= 0.3 is 0 Å². The Morgan fingerprint density at radius 2 is 1.69 bits per heavy atom. The van der Waals surface area contributed by atoms with Crippen molar-refractivity contribution in [3.8, 4) is 11.3 Å². The summed E-state index contributed by atoms with van der Waals surface area (Å²) < 4.78 is 10.7. The number of non-ortho nitro benzene ring substituents is 1. The van der Waals surface area contributed by atoms with Crippen molar-refractivity contribution in [3.63, 3.8) is 0 Å². The number of furan rings is 2. The maximum absolute atomic E-state index is 12.4. The lowest BCUT2D eigenvalue weighted by atomic mass is 10.1. The molecule has 0 atom stereocenters. The van der Waals surface area contributed by atoms with Crippen LogP contribution in [0.5, 0.6) is 0 Å². The van der Waals surface area contributed by atoms with Crippen LogP contribution in [0.4, 0.5) is 11.4 Å². The average molecular weight is 428 g/mol. The van der Waals surface area contributed by atoms with Crippen molar-refractivity contribution < 1.29 is 23.3 Å². The van der Waals surface area contributed by atoms with Crippen LogP contribution in [0, 0.1) is 10.1 Å². The number of allylic oxidation sites excluding steroid dienone is 1. The highest BCUT2D eigenvalue weighted by atomic mass is 16.6. The predicted molar refractivity (Wildman–Crippen MR) is 117 cm³/mol. The van der Waals surface area contributed by atoms with E-state index in [0.717, 1.165) is 0 Å². The van der Waals surface area contributed by atoms with Gasteiger partial charge in [0.15, 0.2) is 11.5 Å². The second kappa shape index (κ2) is 8.97. The summed E-state index contributed by atoms with van der Waals surface area (Å²) in [7, 11) is 0. The SMILES string of the molecule is O=C(/C=C/c1ccc(-c2ccc([N+](=O)[O-])cc2)o1)c1ccc(NC(=O)c2ccco2)cc1. The summed E-state index contributed by atoms with van der Waals surface area (Å²) in [5.74, 6) is 0.579. The number of amides is 1. The molecule has 0 fully saturated rings. The molecule has 8 heteroatoms. The highest BCUT2D eigenvalue weighted by Gasteiger charge is 2.10. The van der Waals surface area contributed by atoms with E-state index in [1.54, 1.807) is 66.7 Å². The second-order valence-corrected chi connectivity index (χ2v) is 6.71. The van der Waals surface area contributed by atoms with Crippen LogP contribution in [-0.4, -0.2) is 16.6 Å². The number of nitro benzene ring substituents is 1. The zero-order valence-electron chi connectivity index (χ0n) is 16.6. The Bertz CT molecular complexity index is 1280. The van der Waals surface area contributed by atoms with Gasteiger partial charge in [-0.05, 0) is 72.8 Å². The zero-order chi connectivity index (χ0) is 22.5. The first-order valence-corrected chi connectivity index (χ1v) is 9.51. The summed E-state index contributed by atoms with van der Waals surface area (Å²) in [6.07, 6.45) is 4.34. The molecule has 0 spiro atoms. The molecular weight excluding hydrogens is 412 g/mol. The van der Waals surface area contributed by atoms with Crippen LogP contribution in [0.25, 0.3) is 17.4 Å². The fourth-order valence-corrected chi connectivity index (χ4v) is 2.92. The summed E-state index contributed by atoms with van der Waals surface area (Å²) in [5.41, 5.74) is 1.66. The van der Waals surface area contributed by atoms with Crippen molar-refractivity contribution in [3.05, 3.63) is 112 Å². The Morgan fingerprint density at radius 3 is 2.34 bits per heavy atom. The Kier molecular flexibility index (Phi) is 5.76. The quantitative estimate of drug-likeness (QED) is 0.177. The lowest BCUT2D eigenvalue weighted by Crippen LogP contribution is -2.10. The van der Waals surface area contributed by atoms with Crippen LogP contribution < -0.4 is 5.32 Å². The summed E-state index contributed by atoms with van der Waals surface area (Å²) >= 11 is 0. The molecule has 0 saturated heterocycles. The Labute approximate surface area is 181 Å². The fraction of sp³-hybridized carbons (Fsp3) is 0. The molecule has 2 aromatic carbocycles. The predicted octanol–water partition coefficient (Wildman–Crippen LogP) is 5.60. The summed E-state index contributed by atoms with van der Waals surface area (Å²) in [6.45, 7) is 0. The number of nitrogens with one attached hydrogen (secondary N) is 1. The number of anilines is 1. The van der Waals surface area contributed by atoms with Crippen LogP contribution in [-0.2, 0) is 0 Å². The molecule has 1 N–H and O–H groups in total. The van der Waals surface area contributed by atoms with E-state index < -0.39 is 4.92 Å². The number of ketones is 1. The lowest BCUT2D eigenvalue weighted by Gasteiger charge is -2.03. The first kappa shape index (κ1) is 20.5. The minimum absolute atomic E-state index is 0.00225. The Balaban J connectivity index is 1.39. The minimum atomic E-state index is -0.467. The maximum atomic E-state index is 12.4. The topological polar surface area (TPSA) is 116 Å². The van der Waals surface area contributed by atoms with E-state index in [-0.39, 0.29) is 23.1 Å². The largest absolute Gasteiger partial charge is 0.459 e. The highest BCUT2D eigenvalue weighted by Crippen LogP contribution is 2.25. The van der Waals surface area contributed by atoms with Crippen molar-refractivity contribution in [2.75, 3.05) is 5.32 Å². The van der Waals surface area contributed by atoms with Gasteiger partial charge in [0.25, 0.3) is 11.6 Å². The first-order valence-electron chi connectivity index (χ1n) is 9.51. The second-order valence-electron chi connectivity index (χ2n) is 6.71. The van der Waals surface area contributed by atoms with Crippen LogP contribution in [0.1, 0.15) is 26.7 Å². The van der Waals surface area contributed by atoms with E-state index in [4.69, 9.17) is 8.83 Å². The molecule has 0 bridgehead atoms. The molecule has 2 aromatic heterocycles. The van der Waals surface area contributed by atoms with Gasteiger partial charge in [-0.1, -0.05) is 0 Å². The molecule has 0 unspecified atom stereocenters. The van der Waals surface area contributed by atoms with Crippen LogP contribution in [0.15, 0.2) is 94.0 Å². The standard InChI is InChI=1S/C24H16N2O6/c27-21(16-3-7-18(8-4-16)25-24(28)23-2-1-15-31-23)13-11-20-12-14-22(32-20)17-5-9-19(10-6-17)26(29)30/h1-15H,(H,25,28)/b13-11+. The maximum Gasteiger partial charge on any atom is 0.291 e. The molecule has 8 nitrogen and oxygen atoms in total. The summed E-state index contributed by atoms with van der Waals surface area (Å²) in [4.78, 5) is 34.7. The number of carbonyl (C=O) groups is 2.